The molecular formula is C11H17NO. The zero-order valence-corrected chi connectivity index (χ0v) is 8.74. The summed E-state index contributed by atoms with van der Waals surface area (Å²) in [6.45, 7) is 8.24. The minimum atomic E-state index is 0.278. The SMILES string of the molecule is CC.CC1Oc2ncccc2C1C. The Morgan fingerprint density at radius 3 is 2.62 bits per heavy atom. The van der Waals surface area contributed by atoms with Crippen molar-refractivity contribution in [3.63, 3.8) is 0 Å². The van der Waals surface area contributed by atoms with Gasteiger partial charge in [0.05, 0.1) is 0 Å². The third kappa shape index (κ3) is 1.82. The maximum Gasteiger partial charge on any atom is 0.217 e. The fraction of sp³-hybridized carbons (Fsp3) is 0.545. The molecule has 0 saturated carbocycles. The molecule has 13 heavy (non-hydrogen) atoms. The highest BCUT2D eigenvalue weighted by atomic mass is 16.5. The van der Waals surface area contributed by atoms with E-state index in [1.807, 2.05) is 19.9 Å². The van der Waals surface area contributed by atoms with E-state index in [1.54, 1.807) is 6.20 Å². The second-order valence-corrected chi connectivity index (χ2v) is 3.01. The molecule has 0 bridgehead atoms. The molecule has 2 heteroatoms. The molecule has 0 radical (unpaired) electrons. The van der Waals surface area contributed by atoms with Crippen LogP contribution in [0.15, 0.2) is 18.3 Å². The first-order chi connectivity index (χ1) is 6.29. The van der Waals surface area contributed by atoms with E-state index in [9.17, 15) is 0 Å². The molecule has 2 rings (SSSR count). The highest BCUT2D eigenvalue weighted by Crippen LogP contribution is 2.35. The number of hydrogen-bond donors (Lipinski definition) is 0. The summed E-state index contributed by atoms with van der Waals surface area (Å²) in [5.74, 6) is 1.30. The molecule has 0 spiro atoms. The van der Waals surface area contributed by atoms with Crippen LogP contribution in [0, 0.1) is 0 Å². The number of fused-ring (bicyclic) bond motifs is 1. The molecule has 0 amide bonds. The van der Waals surface area contributed by atoms with Crippen LogP contribution in [0.4, 0.5) is 0 Å². The smallest absolute Gasteiger partial charge is 0.217 e. The van der Waals surface area contributed by atoms with Crippen molar-refractivity contribution in [3.8, 4) is 5.88 Å². The second-order valence-electron chi connectivity index (χ2n) is 3.01. The molecule has 0 aromatic carbocycles. The lowest BCUT2D eigenvalue weighted by Gasteiger charge is -2.06. The van der Waals surface area contributed by atoms with Crippen LogP contribution in [-0.2, 0) is 0 Å². The summed E-state index contributed by atoms with van der Waals surface area (Å²) in [6.07, 6.45) is 2.05. The second kappa shape index (κ2) is 4.26. The van der Waals surface area contributed by atoms with E-state index < -0.39 is 0 Å². The lowest BCUT2D eigenvalue weighted by Crippen LogP contribution is -2.10. The monoisotopic (exact) mass is 179 g/mol. The summed E-state index contributed by atoms with van der Waals surface area (Å²) in [4.78, 5) is 4.14. The molecule has 2 heterocycles. The van der Waals surface area contributed by atoms with E-state index in [-0.39, 0.29) is 6.10 Å². The number of rotatable bonds is 0. The van der Waals surface area contributed by atoms with Crippen LogP contribution in [0.1, 0.15) is 39.2 Å². The minimum absolute atomic E-state index is 0.278. The topological polar surface area (TPSA) is 22.1 Å². The van der Waals surface area contributed by atoms with Crippen molar-refractivity contribution in [2.45, 2.75) is 39.7 Å². The van der Waals surface area contributed by atoms with E-state index >= 15 is 0 Å². The first-order valence-electron chi connectivity index (χ1n) is 4.90. The first kappa shape index (κ1) is 10.0. The Hall–Kier alpha value is -1.05. The summed E-state index contributed by atoms with van der Waals surface area (Å²) >= 11 is 0. The van der Waals surface area contributed by atoms with Gasteiger partial charge in [-0.1, -0.05) is 26.8 Å². The zero-order valence-electron chi connectivity index (χ0n) is 8.74. The first-order valence-corrected chi connectivity index (χ1v) is 4.90. The Morgan fingerprint density at radius 2 is 2.00 bits per heavy atom. The molecule has 72 valence electrons. The van der Waals surface area contributed by atoms with Crippen LogP contribution in [0.5, 0.6) is 5.88 Å². The van der Waals surface area contributed by atoms with Gasteiger partial charge in [0.15, 0.2) is 0 Å². The maximum atomic E-state index is 5.51. The predicted molar refractivity (Wildman–Crippen MR) is 54.1 cm³/mol. The molecule has 1 aromatic heterocycles. The quantitative estimate of drug-likeness (QED) is 0.610. The molecule has 1 aliphatic rings. The molecule has 1 aromatic rings. The van der Waals surface area contributed by atoms with Gasteiger partial charge >= 0.3 is 0 Å². The van der Waals surface area contributed by atoms with Crippen molar-refractivity contribution in [3.05, 3.63) is 23.9 Å². The lowest BCUT2D eigenvalue weighted by molar-refractivity contribution is 0.225. The molecule has 0 aliphatic carbocycles. The third-order valence-corrected chi connectivity index (χ3v) is 2.29. The Bertz CT molecular complexity index is 273. The average Bonchev–Trinajstić information content (AvgIpc) is 2.47. The predicted octanol–water partition coefficient (Wildman–Crippen LogP) is 2.99. The van der Waals surface area contributed by atoms with Crippen molar-refractivity contribution < 1.29 is 4.74 Å². The van der Waals surface area contributed by atoms with E-state index in [1.165, 1.54) is 5.56 Å². The standard InChI is InChI=1S/C9H11NO.C2H6/c1-6-7(2)11-9-8(6)4-3-5-10-9;1-2/h3-7H,1-2H3;1-2H3. The lowest BCUT2D eigenvalue weighted by atomic mass is 10.0. The van der Waals surface area contributed by atoms with Crippen molar-refractivity contribution in [1.29, 1.82) is 0 Å². The molecule has 0 N–H and O–H groups in total. The minimum Gasteiger partial charge on any atom is -0.474 e. The van der Waals surface area contributed by atoms with Gasteiger partial charge in [-0.25, -0.2) is 4.98 Å². The highest BCUT2D eigenvalue weighted by Gasteiger charge is 2.27. The Morgan fingerprint density at radius 1 is 1.31 bits per heavy atom. The normalized spacial score (nSPS) is 24.0. The molecule has 2 nitrogen and oxygen atoms in total. The van der Waals surface area contributed by atoms with E-state index in [0.717, 1.165) is 5.88 Å². The van der Waals surface area contributed by atoms with Crippen LogP contribution < -0.4 is 4.74 Å². The van der Waals surface area contributed by atoms with Crippen LogP contribution >= 0.6 is 0 Å². The van der Waals surface area contributed by atoms with Gasteiger partial charge in [-0.05, 0) is 13.0 Å². The average molecular weight is 179 g/mol. The van der Waals surface area contributed by atoms with Gasteiger partial charge in [0.25, 0.3) is 0 Å². The van der Waals surface area contributed by atoms with Crippen molar-refractivity contribution in [1.82, 2.24) is 4.98 Å². The van der Waals surface area contributed by atoms with E-state index in [2.05, 4.69) is 24.9 Å². The Kier molecular flexibility index (Phi) is 3.29. The Balaban J connectivity index is 0.000000396. The number of hydrogen-bond acceptors (Lipinski definition) is 2. The summed E-state index contributed by atoms with van der Waals surface area (Å²) in [6, 6.07) is 4.03. The Labute approximate surface area is 80.0 Å². The van der Waals surface area contributed by atoms with Gasteiger partial charge in [-0.2, -0.15) is 0 Å². The van der Waals surface area contributed by atoms with E-state index in [4.69, 9.17) is 4.74 Å². The van der Waals surface area contributed by atoms with Crippen LogP contribution in [-0.4, -0.2) is 11.1 Å². The van der Waals surface area contributed by atoms with Gasteiger partial charge in [0, 0.05) is 17.7 Å². The highest BCUT2D eigenvalue weighted by molar-refractivity contribution is 5.33. The van der Waals surface area contributed by atoms with Crippen LogP contribution in [0.25, 0.3) is 0 Å². The molecule has 2 atom stereocenters. The molecule has 2 unspecified atom stereocenters. The fourth-order valence-electron chi connectivity index (χ4n) is 1.38. The summed E-state index contributed by atoms with van der Waals surface area (Å²) in [5, 5.41) is 0. The van der Waals surface area contributed by atoms with E-state index in [0.29, 0.717) is 5.92 Å². The molecular weight excluding hydrogens is 162 g/mol. The van der Waals surface area contributed by atoms with Crippen molar-refractivity contribution in [2.24, 2.45) is 0 Å². The van der Waals surface area contributed by atoms with Crippen molar-refractivity contribution >= 4 is 0 Å². The van der Waals surface area contributed by atoms with Gasteiger partial charge in [0.2, 0.25) is 5.88 Å². The maximum absolute atomic E-state index is 5.51. The fourth-order valence-corrected chi connectivity index (χ4v) is 1.38. The molecule has 1 aliphatic heterocycles. The summed E-state index contributed by atoms with van der Waals surface area (Å²) in [7, 11) is 0. The van der Waals surface area contributed by atoms with Gasteiger partial charge in [-0.15, -0.1) is 0 Å². The van der Waals surface area contributed by atoms with Gasteiger partial charge in [-0.3, -0.25) is 0 Å². The third-order valence-electron chi connectivity index (χ3n) is 2.29. The van der Waals surface area contributed by atoms with Gasteiger partial charge < -0.3 is 4.74 Å². The summed E-state index contributed by atoms with van der Waals surface area (Å²) in [5.41, 5.74) is 1.24. The number of nitrogens with zero attached hydrogens (tertiary/aromatic N) is 1. The summed E-state index contributed by atoms with van der Waals surface area (Å²) < 4.78 is 5.51. The van der Waals surface area contributed by atoms with Crippen LogP contribution in [0.2, 0.25) is 0 Å². The number of aromatic nitrogens is 1. The molecule has 0 saturated heterocycles. The van der Waals surface area contributed by atoms with Crippen LogP contribution in [0.3, 0.4) is 0 Å². The largest absolute Gasteiger partial charge is 0.474 e. The number of pyridine rings is 1. The van der Waals surface area contributed by atoms with Gasteiger partial charge in [0.1, 0.15) is 6.10 Å². The van der Waals surface area contributed by atoms with Crippen molar-refractivity contribution in [2.75, 3.05) is 0 Å². The molecule has 0 fully saturated rings. The zero-order chi connectivity index (χ0) is 9.84. The number of ether oxygens (including phenoxy) is 1.